The summed E-state index contributed by atoms with van der Waals surface area (Å²) in [5, 5.41) is 0.538. The molecule has 3 amide bonds. The maximum atomic E-state index is 12.4. The second kappa shape index (κ2) is 16.0. The SMILES string of the molecule is CCCCCCCOC(=O)C(C)(C)COS(=O)(=O)ON(C(N)=O)C1CCC(C(=O)NOCCN)CC1. The number of unbranched alkanes of at least 4 members (excludes halogenated alkanes) is 4. The average Bonchev–Trinajstić information content (AvgIpc) is 2.83. The fourth-order valence-electron chi connectivity index (χ4n) is 3.58. The Balaban J connectivity index is 2.55. The van der Waals surface area contributed by atoms with Gasteiger partial charge in [-0.3, -0.25) is 14.4 Å². The predicted molar refractivity (Wildman–Crippen MR) is 130 cm³/mol. The van der Waals surface area contributed by atoms with E-state index in [-0.39, 0.29) is 44.4 Å². The van der Waals surface area contributed by atoms with Gasteiger partial charge in [0, 0.05) is 12.5 Å². The standard InChI is InChI=1S/C22H42N4O9S/c1-4-5-6-7-8-14-32-20(28)22(2,3)16-34-36(30,31)35-26(21(24)29)18-11-9-17(10-12-18)19(27)25-33-15-13-23/h17-18H,4-16,23H2,1-3H3,(H2,24,29)(H,25,27). The second-order valence-corrected chi connectivity index (χ2v) is 10.7. The molecule has 210 valence electrons. The highest BCUT2D eigenvalue weighted by atomic mass is 32.3. The lowest BCUT2D eigenvalue weighted by molar-refractivity contribution is -0.156. The molecule has 1 aliphatic carbocycles. The molecule has 0 aliphatic heterocycles. The van der Waals surface area contributed by atoms with Gasteiger partial charge in [-0.25, -0.2) is 14.5 Å². The van der Waals surface area contributed by atoms with Crippen molar-refractivity contribution in [2.45, 2.75) is 84.6 Å². The van der Waals surface area contributed by atoms with Crippen LogP contribution >= 0.6 is 0 Å². The van der Waals surface area contributed by atoms with Crippen LogP contribution in [0.25, 0.3) is 0 Å². The van der Waals surface area contributed by atoms with Crippen molar-refractivity contribution in [2.75, 3.05) is 26.4 Å². The summed E-state index contributed by atoms with van der Waals surface area (Å²) in [6, 6.07) is -1.80. The van der Waals surface area contributed by atoms with E-state index in [4.69, 9.17) is 29.5 Å². The fourth-order valence-corrected chi connectivity index (χ4v) is 4.45. The van der Waals surface area contributed by atoms with Crippen LogP contribution in [0.3, 0.4) is 0 Å². The number of amides is 3. The summed E-state index contributed by atoms with van der Waals surface area (Å²) < 4.78 is 39.8. The molecule has 0 spiro atoms. The normalized spacial score (nSPS) is 18.4. The topological polar surface area (TPSA) is 190 Å². The first-order chi connectivity index (χ1) is 16.9. The molecule has 1 saturated carbocycles. The van der Waals surface area contributed by atoms with E-state index in [9.17, 15) is 22.8 Å². The van der Waals surface area contributed by atoms with Crippen molar-refractivity contribution in [3.8, 4) is 0 Å². The first-order valence-electron chi connectivity index (χ1n) is 12.4. The molecule has 1 rings (SSSR count). The van der Waals surface area contributed by atoms with Gasteiger partial charge in [0.05, 0.1) is 31.3 Å². The summed E-state index contributed by atoms with van der Waals surface area (Å²) in [4.78, 5) is 41.3. The Morgan fingerprint density at radius 1 is 1.03 bits per heavy atom. The van der Waals surface area contributed by atoms with E-state index in [2.05, 4.69) is 12.4 Å². The van der Waals surface area contributed by atoms with Crippen molar-refractivity contribution >= 4 is 28.3 Å². The number of hydrogen-bond acceptors (Lipinski definition) is 10. The first-order valence-corrected chi connectivity index (χ1v) is 13.7. The Morgan fingerprint density at radius 3 is 2.25 bits per heavy atom. The molecular weight excluding hydrogens is 496 g/mol. The van der Waals surface area contributed by atoms with Crippen LogP contribution in [0.15, 0.2) is 0 Å². The fraction of sp³-hybridized carbons (Fsp3) is 0.864. The Kier molecular flexibility index (Phi) is 14.2. The Morgan fingerprint density at radius 2 is 1.67 bits per heavy atom. The monoisotopic (exact) mass is 538 g/mol. The lowest BCUT2D eigenvalue weighted by Crippen LogP contribution is -2.48. The highest BCUT2D eigenvalue weighted by molar-refractivity contribution is 7.81. The number of nitrogens with zero attached hydrogens (tertiary/aromatic N) is 1. The number of nitrogens with two attached hydrogens (primary N) is 2. The lowest BCUT2D eigenvalue weighted by atomic mass is 9.85. The van der Waals surface area contributed by atoms with Gasteiger partial charge in [-0.15, -0.1) is 4.28 Å². The van der Waals surface area contributed by atoms with Crippen LogP contribution in [0.1, 0.15) is 78.6 Å². The first kappa shape index (κ1) is 32.0. The molecule has 0 aromatic carbocycles. The van der Waals surface area contributed by atoms with E-state index in [0.29, 0.717) is 17.9 Å². The van der Waals surface area contributed by atoms with Gasteiger partial charge < -0.3 is 16.2 Å². The van der Waals surface area contributed by atoms with Crippen molar-refractivity contribution in [1.82, 2.24) is 10.5 Å². The van der Waals surface area contributed by atoms with E-state index >= 15 is 0 Å². The van der Waals surface area contributed by atoms with Gasteiger partial charge >= 0.3 is 22.4 Å². The van der Waals surface area contributed by atoms with Crippen LogP contribution in [0, 0.1) is 11.3 Å². The summed E-state index contributed by atoms with van der Waals surface area (Å²) in [5.74, 6) is -1.30. The van der Waals surface area contributed by atoms with Gasteiger partial charge in [-0.1, -0.05) is 32.6 Å². The van der Waals surface area contributed by atoms with Gasteiger partial charge in [0.2, 0.25) is 5.91 Å². The van der Waals surface area contributed by atoms with E-state index in [1.54, 1.807) is 0 Å². The molecule has 1 fully saturated rings. The highest BCUT2D eigenvalue weighted by Gasteiger charge is 2.37. The van der Waals surface area contributed by atoms with E-state index < -0.39 is 40.5 Å². The van der Waals surface area contributed by atoms with Gasteiger partial charge in [-0.2, -0.15) is 13.5 Å². The van der Waals surface area contributed by atoms with Crippen LogP contribution in [-0.4, -0.2) is 63.8 Å². The molecule has 0 radical (unpaired) electrons. The van der Waals surface area contributed by atoms with Gasteiger partial charge in [0.15, 0.2) is 0 Å². The van der Waals surface area contributed by atoms with Crippen LogP contribution in [0.4, 0.5) is 4.79 Å². The van der Waals surface area contributed by atoms with E-state index in [1.165, 1.54) is 13.8 Å². The molecule has 36 heavy (non-hydrogen) atoms. The molecule has 0 heterocycles. The number of rotatable bonds is 17. The molecule has 5 N–H and O–H groups in total. The minimum Gasteiger partial charge on any atom is -0.465 e. The zero-order valence-electron chi connectivity index (χ0n) is 21.5. The largest absolute Gasteiger partial charge is 0.465 e. The van der Waals surface area contributed by atoms with Crippen molar-refractivity contribution in [1.29, 1.82) is 0 Å². The predicted octanol–water partition coefficient (Wildman–Crippen LogP) is 1.67. The van der Waals surface area contributed by atoms with Gasteiger partial charge in [0.25, 0.3) is 0 Å². The number of hydrogen-bond donors (Lipinski definition) is 3. The molecule has 14 heteroatoms. The van der Waals surface area contributed by atoms with Crippen LogP contribution in [0.5, 0.6) is 0 Å². The van der Waals surface area contributed by atoms with E-state index in [0.717, 1.165) is 32.1 Å². The summed E-state index contributed by atoms with van der Waals surface area (Å²) in [5.41, 5.74) is 11.7. The maximum Gasteiger partial charge on any atom is 0.421 e. The Hall–Kier alpha value is -2.00. The summed E-state index contributed by atoms with van der Waals surface area (Å²) in [6.45, 7) is 5.20. The molecule has 0 aromatic rings. The molecule has 0 atom stereocenters. The summed E-state index contributed by atoms with van der Waals surface area (Å²) >= 11 is 0. The Labute approximate surface area is 213 Å². The molecule has 0 bridgehead atoms. The van der Waals surface area contributed by atoms with Crippen molar-refractivity contribution < 1.29 is 40.8 Å². The van der Waals surface area contributed by atoms with Crippen molar-refractivity contribution in [3.63, 3.8) is 0 Å². The van der Waals surface area contributed by atoms with Crippen LogP contribution in [-0.2, 0) is 38.0 Å². The zero-order valence-corrected chi connectivity index (χ0v) is 22.3. The Bertz CT molecular complexity index is 799. The molecular formula is C22H42N4O9S. The lowest BCUT2D eigenvalue weighted by Gasteiger charge is -2.33. The molecule has 13 nitrogen and oxygen atoms in total. The number of nitrogens with one attached hydrogen (secondary N) is 1. The minimum absolute atomic E-state index is 0.176. The summed E-state index contributed by atoms with van der Waals surface area (Å²) in [7, 11) is -4.72. The third-order valence-electron chi connectivity index (χ3n) is 5.78. The van der Waals surface area contributed by atoms with Crippen molar-refractivity contribution in [3.05, 3.63) is 0 Å². The van der Waals surface area contributed by atoms with Crippen molar-refractivity contribution in [2.24, 2.45) is 22.8 Å². The number of urea groups is 1. The highest BCUT2D eigenvalue weighted by Crippen LogP contribution is 2.29. The third kappa shape index (κ3) is 11.8. The number of carbonyl (C=O) groups is 3. The smallest absolute Gasteiger partial charge is 0.421 e. The average molecular weight is 539 g/mol. The zero-order chi connectivity index (χ0) is 27.2. The quantitative estimate of drug-likeness (QED) is 0.139. The number of primary amides is 1. The van der Waals surface area contributed by atoms with Crippen LogP contribution in [0.2, 0.25) is 0 Å². The molecule has 0 aromatic heterocycles. The molecule has 0 unspecified atom stereocenters. The van der Waals surface area contributed by atoms with Gasteiger partial charge in [-0.05, 0) is 46.0 Å². The number of esters is 1. The molecule has 0 saturated heterocycles. The van der Waals surface area contributed by atoms with E-state index in [1.807, 2.05) is 0 Å². The van der Waals surface area contributed by atoms with Crippen LogP contribution < -0.4 is 16.9 Å². The number of carbonyl (C=O) groups excluding carboxylic acids is 3. The third-order valence-corrected chi connectivity index (χ3v) is 6.53. The second-order valence-electron chi connectivity index (χ2n) is 9.45. The van der Waals surface area contributed by atoms with Gasteiger partial charge in [0.1, 0.15) is 0 Å². The maximum absolute atomic E-state index is 12.4. The minimum atomic E-state index is -4.72. The molecule has 1 aliphatic rings. The summed E-state index contributed by atoms with van der Waals surface area (Å²) in [6.07, 6.45) is 6.20. The number of ether oxygens (including phenoxy) is 1. The number of hydroxylamine groups is 3.